The van der Waals surface area contributed by atoms with Crippen molar-refractivity contribution in [3.63, 3.8) is 0 Å². The van der Waals surface area contributed by atoms with E-state index in [9.17, 15) is 8.42 Å². The number of sulfonamides is 1. The Morgan fingerprint density at radius 1 is 1.14 bits per heavy atom. The number of rotatable bonds is 7. The molecule has 29 heavy (non-hydrogen) atoms. The standard InChI is InChI=1S/C21H28N4O2S.HI/c1-3-22-21(24-16-18-8-6-7-17(2)15-18)23-12-14-28(26,27)25-13-11-19-9-4-5-10-20(19)25;/h4-10,15H,3,11-14,16H2,1-2H3,(H2,22,23,24);1H. The average molecular weight is 528 g/mol. The summed E-state index contributed by atoms with van der Waals surface area (Å²) in [6.45, 7) is 6.12. The molecule has 0 atom stereocenters. The van der Waals surface area contributed by atoms with Crippen molar-refractivity contribution in [2.75, 3.05) is 29.7 Å². The highest BCUT2D eigenvalue weighted by Crippen LogP contribution is 2.29. The largest absolute Gasteiger partial charge is 0.357 e. The number of hydrogen-bond donors (Lipinski definition) is 2. The molecule has 0 amide bonds. The van der Waals surface area contributed by atoms with E-state index in [-0.39, 0.29) is 29.7 Å². The summed E-state index contributed by atoms with van der Waals surface area (Å²) < 4.78 is 27.1. The van der Waals surface area contributed by atoms with Gasteiger partial charge in [0.15, 0.2) is 5.96 Å². The number of hydrogen-bond acceptors (Lipinski definition) is 3. The second-order valence-electron chi connectivity index (χ2n) is 6.88. The number of para-hydroxylation sites is 1. The highest BCUT2D eigenvalue weighted by molar-refractivity contribution is 14.0. The van der Waals surface area contributed by atoms with Crippen LogP contribution in [0.4, 0.5) is 5.69 Å². The Labute approximate surface area is 190 Å². The third-order valence-corrected chi connectivity index (χ3v) is 6.45. The lowest BCUT2D eigenvalue weighted by Crippen LogP contribution is -2.42. The quantitative estimate of drug-likeness (QED) is 0.329. The van der Waals surface area contributed by atoms with Gasteiger partial charge in [-0.3, -0.25) is 4.31 Å². The topological polar surface area (TPSA) is 73.8 Å². The molecule has 0 unspecified atom stereocenters. The SMILES string of the molecule is CCNC(=NCc1cccc(C)c1)NCCS(=O)(=O)N1CCc2ccccc21.I. The molecule has 0 bridgehead atoms. The van der Waals surface area contributed by atoms with Crippen LogP contribution in [-0.2, 0) is 23.0 Å². The van der Waals surface area contributed by atoms with Crippen molar-refractivity contribution in [3.8, 4) is 0 Å². The van der Waals surface area contributed by atoms with Crippen LogP contribution in [0, 0.1) is 6.92 Å². The van der Waals surface area contributed by atoms with Crippen LogP contribution in [0.1, 0.15) is 23.6 Å². The predicted molar refractivity (Wildman–Crippen MR) is 131 cm³/mol. The molecule has 0 aliphatic carbocycles. The Kier molecular flexibility index (Phi) is 8.76. The number of nitrogens with one attached hydrogen (secondary N) is 2. The van der Waals surface area contributed by atoms with Gasteiger partial charge in [-0.25, -0.2) is 13.4 Å². The Morgan fingerprint density at radius 3 is 2.69 bits per heavy atom. The molecule has 0 fully saturated rings. The van der Waals surface area contributed by atoms with Gasteiger partial charge >= 0.3 is 0 Å². The van der Waals surface area contributed by atoms with Gasteiger partial charge < -0.3 is 10.6 Å². The lowest BCUT2D eigenvalue weighted by atomic mass is 10.1. The summed E-state index contributed by atoms with van der Waals surface area (Å²) in [6.07, 6.45) is 0.767. The summed E-state index contributed by atoms with van der Waals surface area (Å²) in [7, 11) is -3.37. The third kappa shape index (κ3) is 6.33. The molecule has 0 spiro atoms. The Bertz CT molecular complexity index is 947. The summed E-state index contributed by atoms with van der Waals surface area (Å²) in [5.74, 6) is 0.650. The van der Waals surface area contributed by atoms with E-state index < -0.39 is 10.0 Å². The number of nitrogens with zero attached hydrogens (tertiary/aromatic N) is 2. The maximum atomic E-state index is 12.8. The molecule has 6 nitrogen and oxygen atoms in total. The van der Waals surface area contributed by atoms with Crippen molar-refractivity contribution >= 4 is 45.6 Å². The van der Waals surface area contributed by atoms with Gasteiger partial charge in [0, 0.05) is 19.6 Å². The van der Waals surface area contributed by atoms with Crippen molar-refractivity contribution in [1.82, 2.24) is 10.6 Å². The molecular weight excluding hydrogens is 499 g/mol. The van der Waals surface area contributed by atoms with Crippen LogP contribution >= 0.6 is 24.0 Å². The van der Waals surface area contributed by atoms with Gasteiger partial charge in [-0.1, -0.05) is 48.0 Å². The van der Waals surface area contributed by atoms with Crippen molar-refractivity contribution in [3.05, 3.63) is 65.2 Å². The zero-order chi connectivity index (χ0) is 20.0. The molecule has 158 valence electrons. The van der Waals surface area contributed by atoms with Crippen LogP contribution in [0.15, 0.2) is 53.5 Å². The van der Waals surface area contributed by atoms with Gasteiger partial charge in [-0.2, -0.15) is 0 Å². The van der Waals surface area contributed by atoms with Gasteiger partial charge in [-0.05, 0) is 37.5 Å². The number of anilines is 1. The van der Waals surface area contributed by atoms with Crippen LogP contribution in [0.5, 0.6) is 0 Å². The van der Waals surface area contributed by atoms with Gasteiger partial charge in [0.2, 0.25) is 10.0 Å². The Morgan fingerprint density at radius 2 is 1.93 bits per heavy atom. The maximum absolute atomic E-state index is 12.8. The minimum Gasteiger partial charge on any atom is -0.357 e. The molecule has 1 aliphatic heterocycles. The van der Waals surface area contributed by atoms with Crippen LogP contribution < -0.4 is 14.9 Å². The van der Waals surface area contributed by atoms with Crippen LogP contribution in [-0.4, -0.2) is 39.8 Å². The molecular formula is C21H29IN4O2S. The molecule has 0 saturated heterocycles. The molecule has 1 aliphatic rings. The fraction of sp³-hybridized carbons (Fsp3) is 0.381. The maximum Gasteiger partial charge on any atom is 0.236 e. The number of benzene rings is 2. The minimum absolute atomic E-state index is 0. The second kappa shape index (κ2) is 10.8. The van der Waals surface area contributed by atoms with E-state index in [0.717, 1.165) is 23.2 Å². The first-order valence-corrected chi connectivity index (χ1v) is 11.3. The Balaban J connectivity index is 0.00000300. The number of fused-ring (bicyclic) bond motifs is 1. The first kappa shape index (κ1) is 23.5. The highest BCUT2D eigenvalue weighted by Gasteiger charge is 2.28. The number of aryl methyl sites for hydroxylation is 1. The van der Waals surface area contributed by atoms with Crippen molar-refractivity contribution in [2.45, 2.75) is 26.8 Å². The minimum atomic E-state index is -3.37. The molecule has 0 saturated carbocycles. The highest BCUT2D eigenvalue weighted by atomic mass is 127. The fourth-order valence-electron chi connectivity index (χ4n) is 3.33. The van der Waals surface area contributed by atoms with Gasteiger partial charge in [-0.15, -0.1) is 24.0 Å². The normalized spacial score (nSPS) is 13.6. The van der Waals surface area contributed by atoms with E-state index in [1.807, 2.05) is 43.3 Å². The molecule has 1 heterocycles. The van der Waals surface area contributed by atoms with Crippen LogP contribution in [0.2, 0.25) is 0 Å². The zero-order valence-electron chi connectivity index (χ0n) is 16.9. The van der Waals surface area contributed by atoms with E-state index in [4.69, 9.17) is 0 Å². The number of guanidine groups is 1. The summed E-state index contributed by atoms with van der Waals surface area (Å²) in [6, 6.07) is 15.9. The van der Waals surface area contributed by atoms with Gasteiger partial charge in [0.1, 0.15) is 0 Å². The first-order valence-electron chi connectivity index (χ1n) is 9.65. The molecule has 8 heteroatoms. The molecule has 2 aromatic rings. The smallest absolute Gasteiger partial charge is 0.236 e. The lowest BCUT2D eigenvalue weighted by molar-refractivity contribution is 0.591. The van der Waals surface area contributed by atoms with Crippen molar-refractivity contribution in [1.29, 1.82) is 0 Å². The molecule has 3 rings (SSSR count). The van der Waals surface area contributed by atoms with E-state index in [1.54, 1.807) is 0 Å². The number of aliphatic imine (C=N–C) groups is 1. The van der Waals surface area contributed by atoms with E-state index in [1.165, 1.54) is 9.87 Å². The monoisotopic (exact) mass is 528 g/mol. The fourth-order valence-corrected chi connectivity index (χ4v) is 4.76. The molecule has 2 aromatic carbocycles. The zero-order valence-corrected chi connectivity index (χ0v) is 20.0. The van der Waals surface area contributed by atoms with Crippen LogP contribution in [0.3, 0.4) is 0 Å². The molecule has 2 N–H and O–H groups in total. The predicted octanol–water partition coefficient (Wildman–Crippen LogP) is 3.06. The number of halogens is 1. The second-order valence-corrected chi connectivity index (χ2v) is 8.89. The first-order chi connectivity index (χ1) is 13.5. The summed E-state index contributed by atoms with van der Waals surface area (Å²) in [5, 5.41) is 6.31. The van der Waals surface area contributed by atoms with Gasteiger partial charge in [0.25, 0.3) is 0 Å². The Hall–Kier alpha value is -1.81. The van der Waals surface area contributed by atoms with E-state index in [0.29, 0.717) is 32.1 Å². The van der Waals surface area contributed by atoms with E-state index in [2.05, 4.69) is 34.7 Å². The summed E-state index contributed by atoms with van der Waals surface area (Å²) >= 11 is 0. The summed E-state index contributed by atoms with van der Waals surface area (Å²) in [4.78, 5) is 4.56. The van der Waals surface area contributed by atoms with Crippen molar-refractivity contribution in [2.24, 2.45) is 4.99 Å². The van der Waals surface area contributed by atoms with Crippen LogP contribution in [0.25, 0.3) is 0 Å². The van der Waals surface area contributed by atoms with Gasteiger partial charge in [0.05, 0.1) is 18.0 Å². The molecule has 0 radical (unpaired) electrons. The van der Waals surface area contributed by atoms with Crippen molar-refractivity contribution < 1.29 is 8.42 Å². The molecule has 0 aromatic heterocycles. The average Bonchev–Trinajstić information content (AvgIpc) is 3.11. The lowest BCUT2D eigenvalue weighted by Gasteiger charge is -2.20. The van der Waals surface area contributed by atoms with E-state index >= 15 is 0 Å². The third-order valence-electron chi connectivity index (χ3n) is 4.68. The summed E-state index contributed by atoms with van der Waals surface area (Å²) in [5.41, 5.74) is 4.22.